The number of para-hydroxylation sites is 2. The van der Waals surface area contributed by atoms with Gasteiger partial charge in [0.2, 0.25) is 5.88 Å². The minimum atomic E-state index is -0.100. The van der Waals surface area contributed by atoms with Gasteiger partial charge in [-0.25, -0.2) is 9.78 Å². The highest BCUT2D eigenvalue weighted by Crippen LogP contribution is 2.27. The molecule has 1 aliphatic carbocycles. The van der Waals surface area contributed by atoms with Crippen LogP contribution in [-0.4, -0.2) is 23.2 Å². The lowest BCUT2D eigenvalue weighted by Gasteiger charge is -2.31. The molecule has 1 aliphatic rings. The number of carbonyl (C=O) groups is 1. The third kappa shape index (κ3) is 4.98. The maximum atomic E-state index is 13.2. The fraction of sp³-hybridized carbons (Fsp3) is 0.280. The van der Waals surface area contributed by atoms with Crippen LogP contribution in [0.5, 0.6) is 5.88 Å². The van der Waals surface area contributed by atoms with E-state index in [2.05, 4.69) is 10.3 Å². The quantitative estimate of drug-likeness (QED) is 0.603. The van der Waals surface area contributed by atoms with Crippen LogP contribution in [-0.2, 0) is 0 Å². The first-order chi connectivity index (χ1) is 14.7. The molecule has 0 aliphatic heterocycles. The Bertz CT molecular complexity index is 898. The first-order valence-electron chi connectivity index (χ1n) is 10.5. The Balaban J connectivity index is 1.37. The van der Waals surface area contributed by atoms with E-state index in [9.17, 15) is 4.79 Å². The molecule has 1 N–H and O–H groups in total. The SMILES string of the molecule is Cc1ccc(OC2CCC(NC(=O)N(c3ccccc3)c3ccccc3)CC2)nc1. The Morgan fingerprint density at radius 1 is 0.900 bits per heavy atom. The molecule has 154 valence electrons. The van der Waals surface area contributed by atoms with Crippen LogP contribution < -0.4 is 15.0 Å². The van der Waals surface area contributed by atoms with Crippen molar-refractivity contribution in [3.63, 3.8) is 0 Å². The van der Waals surface area contributed by atoms with E-state index in [0.29, 0.717) is 5.88 Å². The number of aromatic nitrogens is 1. The number of nitrogens with zero attached hydrogens (tertiary/aromatic N) is 2. The lowest BCUT2D eigenvalue weighted by molar-refractivity contribution is 0.135. The van der Waals surface area contributed by atoms with Crippen molar-refractivity contribution in [2.45, 2.75) is 44.8 Å². The second-order valence-electron chi connectivity index (χ2n) is 7.72. The van der Waals surface area contributed by atoms with Crippen molar-refractivity contribution in [1.82, 2.24) is 10.3 Å². The predicted octanol–water partition coefficient (Wildman–Crippen LogP) is 5.63. The summed E-state index contributed by atoms with van der Waals surface area (Å²) in [7, 11) is 0. The number of carbonyl (C=O) groups excluding carboxylic acids is 1. The van der Waals surface area contributed by atoms with Crippen molar-refractivity contribution in [2.24, 2.45) is 0 Å². The Morgan fingerprint density at radius 2 is 1.50 bits per heavy atom. The average molecular weight is 402 g/mol. The lowest BCUT2D eigenvalue weighted by atomic mass is 9.93. The van der Waals surface area contributed by atoms with E-state index in [1.165, 1.54) is 0 Å². The third-order valence-corrected chi connectivity index (χ3v) is 5.41. The summed E-state index contributed by atoms with van der Waals surface area (Å²) in [6.45, 7) is 2.01. The molecule has 1 aromatic heterocycles. The molecule has 0 saturated heterocycles. The maximum Gasteiger partial charge on any atom is 0.326 e. The minimum Gasteiger partial charge on any atom is -0.474 e. The van der Waals surface area contributed by atoms with Crippen LogP contribution in [0.4, 0.5) is 16.2 Å². The number of amides is 2. The van der Waals surface area contributed by atoms with Crippen molar-refractivity contribution < 1.29 is 9.53 Å². The molecule has 1 saturated carbocycles. The van der Waals surface area contributed by atoms with E-state index in [0.717, 1.165) is 42.6 Å². The number of hydrogen-bond acceptors (Lipinski definition) is 3. The molecule has 2 aromatic carbocycles. The van der Waals surface area contributed by atoms with E-state index in [4.69, 9.17) is 4.74 Å². The predicted molar refractivity (Wildman–Crippen MR) is 119 cm³/mol. The molecule has 1 heterocycles. The van der Waals surface area contributed by atoms with Gasteiger partial charge in [0.1, 0.15) is 6.10 Å². The number of ether oxygens (including phenoxy) is 1. The van der Waals surface area contributed by atoms with Crippen molar-refractivity contribution in [1.29, 1.82) is 0 Å². The number of aryl methyl sites for hydroxylation is 1. The summed E-state index contributed by atoms with van der Waals surface area (Å²) >= 11 is 0. The summed E-state index contributed by atoms with van der Waals surface area (Å²) in [6.07, 6.45) is 5.55. The fourth-order valence-corrected chi connectivity index (χ4v) is 3.80. The Labute approximate surface area is 177 Å². The maximum absolute atomic E-state index is 13.2. The Morgan fingerprint density at radius 3 is 2.03 bits per heavy atom. The van der Waals surface area contributed by atoms with Crippen molar-refractivity contribution in [3.8, 4) is 5.88 Å². The van der Waals surface area contributed by atoms with Gasteiger partial charge in [0, 0.05) is 18.3 Å². The highest BCUT2D eigenvalue weighted by molar-refractivity contribution is 5.99. The number of benzene rings is 2. The molecule has 0 unspecified atom stereocenters. The van der Waals surface area contributed by atoms with Gasteiger partial charge in [-0.05, 0) is 62.4 Å². The third-order valence-electron chi connectivity index (χ3n) is 5.41. The lowest BCUT2D eigenvalue weighted by Crippen LogP contribution is -2.45. The first kappa shape index (κ1) is 20.0. The summed E-state index contributed by atoms with van der Waals surface area (Å²) in [5.41, 5.74) is 2.82. The van der Waals surface area contributed by atoms with Crippen LogP contribution in [0, 0.1) is 6.92 Å². The molecule has 3 aromatic rings. The average Bonchev–Trinajstić information content (AvgIpc) is 2.78. The summed E-state index contributed by atoms with van der Waals surface area (Å²) in [6, 6.07) is 23.5. The van der Waals surface area contributed by atoms with E-state index in [-0.39, 0.29) is 18.2 Å². The molecule has 4 rings (SSSR count). The van der Waals surface area contributed by atoms with Gasteiger partial charge in [0.25, 0.3) is 0 Å². The molecule has 5 heteroatoms. The number of rotatable bonds is 5. The molecule has 5 nitrogen and oxygen atoms in total. The van der Waals surface area contributed by atoms with Gasteiger partial charge in [0.15, 0.2) is 0 Å². The monoisotopic (exact) mass is 401 g/mol. The van der Waals surface area contributed by atoms with Gasteiger partial charge in [-0.15, -0.1) is 0 Å². The molecular formula is C25H27N3O2. The fourth-order valence-electron chi connectivity index (χ4n) is 3.80. The van der Waals surface area contributed by atoms with Crippen LogP contribution in [0.1, 0.15) is 31.2 Å². The zero-order valence-corrected chi connectivity index (χ0v) is 17.2. The van der Waals surface area contributed by atoms with Crippen molar-refractivity contribution in [2.75, 3.05) is 4.90 Å². The van der Waals surface area contributed by atoms with E-state index in [1.54, 1.807) is 4.90 Å². The number of pyridine rings is 1. The van der Waals surface area contributed by atoms with Crippen molar-refractivity contribution >= 4 is 17.4 Å². The molecule has 2 amide bonds. The van der Waals surface area contributed by atoms with Crippen LogP contribution >= 0.6 is 0 Å². The largest absolute Gasteiger partial charge is 0.474 e. The Kier molecular flexibility index (Phi) is 6.28. The highest BCUT2D eigenvalue weighted by atomic mass is 16.5. The normalized spacial score (nSPS) is 18.4. The molecule has 0 spiro atoms. The van der Waals surface area contributed by atoms with Crippen molar-refractivity contribution in [3.05, 3.63) is 84.6 Å². The molecular weight excluding hydrogens is 374 g/mol. The van der Waals surface area contributed by atoms with E-state index >= 15 is 0 Å². The number of hydrogen-bond donors (Lipinski definition) is 1. The van der Waals surface area contributed by atoms with Gasteiger partial charge in [-0.1, -0.05) is 42.5 Å². The number of nitrogens with one attached hydrogen (secondary N) is 1. The van der Waals surface area contributed by atoms with E-state index < -0.39 is 0 Å². The molecule has 0 atom stereocenters. The number of anilines is 2. The summed E-state index contributed by atoms with van der Waals surface area (Å²) in [5, 5.41) is 3.22. The van der Waals surface area contributed by atoms with Crippen LogP contribution in [0.3, 0.4) is 0 Å². The topological polar surface area (TPSA) is 54.5 Å². The standard InChI is InChI=1S/C25H27N3O2/c1-19-12-17-24(26-18-19)30-23-15-13-20(14-16-23)27-25(29)28(21-8-4-2-5-9-21)22-10-6-3-7-11-22/h2-12,17-18,20,23H,13-16H2,1H3,(H,27,29). The Hall–Kier alpha value is -3.34. The zero-order chi connectivity index (χ0) is 20.8. The molecule has 0 bridgehead atoms. The van der Waals surface area contributed by atoms with Gasteiger partial charge in [-0.3, -0.25) is 4.90 Å². The molecule has 0 radical (unpaired) electrons. The zero-order valence-electron chi connectivity index (χ0n) is 17.2. The minimum absolute atomic E-state index is 0.100. The smallest absolute Gasteiger partial charge is 0.326 e. The van der Waals surface area contributed by atoms with E-state index in [1.807, 2.05) is 85.9 Å². The first-order valence-corrected chi connectivity index (χ1v) is 10.5. The van der Waals surface area contributed by atoms with Gasteiger partial charge >= 0.3 is 6.03 Å². The van der Waals surface area contributed by atoms with Gasteiger partial charge in [-0.2, -0.15) is 0 Å². The van der Waals surface area contributed by atoms with Crippen LogP contribution in [0.25, 0.3) is 0 Å². The van der Waals surface area contributed by atoms with Crippen LogP contribution in [0.15, 0.2) is 79.0 Å². The van der Waals surface area contributed by atoms with Crippen LogP contribution in [0.2, 0.25) is 0 Å². The highest BCUT2D eigenvalue weighted by Gasteiger charge is 2.26. The second kappa shape index (κ2) is 9.44. The number of urea groups is 1. The summed E-state index contributed by atoms with van der Waals surface area (Å²) in [5.74, 6) is 0.674. The second-order valence-corrected chi connectivity index (χ2v) is 7.72. The molecule has 30 heavy (non-hydrogen) atoms. The van der Waals surface area contributed by atoms with Gasteiger partial charge in [0.05, 0.1) is 11.4 Å². The summed E-state index contributed by atoms with van der Waals surface area (Å²) in [4.78, 5) is 19.3. The summed E-state index contributed by atoms with van der Waals surface area (Å²) < 4.78 is 6.02. The van der Waals surface area contributed by atoms with Gasteiger partial charge < -0.3 is 10.1 Å². The molecule has 1 fully saturated rings.